The molecule has 0 bridgehead atoms. The van der Waals surface area contributed by atoms with Gasteiger partial charge in [0.25, 0.3) is 0 Å². The lowest BCUT2D eigenvalue weighted by Crippen LogP contribution is -2.45. The van der Waals surface area contributed by atoms with Crippen LogP contribution in [-0.2, 0) is 9.53 Å². The van der Waals surface area contributed by atoms with Crippen LogP contribution in [0.2, 0.25) is 0 Å². The van der Waals surface area contributed by atoms with Crippen molar-refractivity contribution in [3.63, 3.8) is 0 Å². The van der Waals surface area contributed by atoms with E-state index in [0.717, 1.165) is 0 Å². The first kappa shape index (κ1) is 16.7. The van der Waals surface area contributed by atoms with Crippen molar-refractivity contribution in [2.45, 2.75) is 26.5 Å². The number of carbonyl (C=O) groups is 2. The summed E-state index contributed by atoms with van der Waals surface area (Å²) in [6.07, 6.45) is 0. The number of ether oxygens (including phenoxy) is 2. The van der Waals surface area contributed by atoms with Crippen molar-refractivity contribution >= 4 is 12.0 Å². The Labute approximate surface area is 131 Å². The number of benzene rings is 1. The van der Waals surface area contributed by atoms with Crippen LogP contribution in [0.1, 0.15) is 25.5 Å². The van der Waals surface area contributed by atoms with E-state index in [-0.39, 0.29) is 17.9 Å². The molecule has 1 aliphatic rings. The number of amides is 2. The number of alkyl halides is 2. The maximum atomic E-state index is 12.2. The van der Waals surface area contributed by atoms with Crippen molar-refractivity contribution < 1.29 is 27.8 Å². The van der Waals surface area contributed by atoms with Gasteiger partial charge in [-0.2, -0.15) is 8.78 Å². The molecule has 1 heterocycles. The molecule has 1 unspecified atom stereocenters. The number of allylic oxidation sites excluding steroid dienone is 1. The molecule has 0 fully saturated rings. The highest BCUT2D eigenvalue weighted by atomic mass is 19.3. The predicted molar refractivity (Wildman–Crippen MR) is 76.8 cm³/mol. The Kier molecular flexibility index (Phi) is 5.15. The number of hydrogen-bond acceptors (Lipinski definition) is 4. The second-order valence-corrected chi connectivity index (χ2v) is 4.74. The largest absolute Gasteiger partial charge is 0.463 e. The smallest absolute Gasteiger partial charge is 0.387 e. The van der Waals surface area contributed by atoms with Crippen LogP contribution in [0, 0.1) is 0 Å². The molecule has 1 atom stereocenters. The summed E-state index contributed by atoms with van der Waals surface area (Å²) < 4.78 is 33.6. The monoisotopic (exact) mass is 326 g/mol. The van der Waals surface area contributed by atoms with E-state index in [0.29, 0.717) is 11.3 Å². The lowest BCUT2D eigenvalue weighted by Gasteiger charge is -2.28. The molecule has 0 spiro atoms. The van der Waals surface area contributed by atoms with Crippen LogP contribution in [0.4, 0.5) is 13.6 Å². The minimum Gasteiger partial charge on any atom is -0.463 e. The van der Waals surface area contributed by atoms with E-state index in [2.05, 4.69) is 15.4 Å². The Hall–Kier alpha value is -2.64. The van der Waals surface area contributed by atoms with Gasteiger partial charge >= 0.3 is 18.6 Å². The molecule has 0 radical (unpaired) electrons. The zero-order chi connectivity index (χ0) is 17.0. The van der Waals surface area contributed by atoms with Gasteiger partial charge in [0.15, 0.2) is 0 Å². The van der Waals surface area contributed by atoms with Gasteiger partial charge in [-0.25, -0.2) is 9.59 Å². The lowest BCUT2D eigenvalue weighted by atomic mass is 9.95. The van der Waals surface area contributed by atoms with Crippen LogP contribution < -0.4 is 15.4 Å². The van der Waals surface area contributed by atoms with Crippen LogP contribution in [-0.4, -0.2) is 25.2 Å². The second kappa shape index (κ2) is 7.08. The number of halogens is 2. The van der Waals surface area contributed by atoms with Gasteiger partial charge in [-0.3, -0.25) is 0 Å². The molecule has 6 nitrogen and oxygen atoms in total. The number of rotatable bonds is 5. The van der Waals surface area contributed by atoms with Gasteiger partial charge in [0.05, 0.1) is 18.2 Å². The van der Waals surface area contributed by atoms with E-state index in [9.17, 15) is 18.4 Å². The average molecular weight is 326 g/mol. The Morgan fingerprint density at radius 2 is 1.96 bits per heavy atom. The van der Waals surface area contributed by atoms with E-state index < -0.39 is 24.7 Å². The van der Waals surface area contributed by atoms with E-state index in [1.54, 1.807) is 13.8 Å². The number of carbonyl (C=O) groups excluding carboxylic acids is 2. The molecule has 1 aromatic carbocycles. The first-order chi connectivity index (χ1) is 10.9. The molecule has 2 rings (SSSR count). The summed E-state index contributed by atoms with van der Waals surface area (Å²) in [7, 11) is 0. The molecule has 1 aromatic rings. The predicted octanol–water partition coefficient (Wildman–Crippen LogP) is 2.48. The molecule has 2 N–H and O–H groups in total. The van der Waals surface area contributed by atoms with E-state index in [1.165, 1.54) is 24.3 Å². The molecule has 0 saturated carbocycles. The maximum absolute atomic E-state index is 12.2. The zero-order valence-electron chi connectivity index (χ0n) is 12.6. The van der Waals surface area contributed by atoms with Crippen molar-refractivity contribution in [2.24, 2.45) is 0 Å². The first-order valence-corrected chi connectivity index (χ1v) is 6.92. The number of nitrogens with one attached hydrogen (secondary N) is 2. The molecule has 124 valence electrons. The Balaban J connectivity index is 2.32. The van der Waals surface area contributed by atoms with Gasteiger partial charge in [0.2, 0.25) is 0 Å². The van der Waals surface area contributed by atoms with Crippen LogP contribution in [0.5, 0.6) is 5.75 Å². The van der Waals surface area contributed by atoms with Gasteiger partial charge < -0.3 is 20.1 Å². The number of hydrogen-bond donors (Lipinski definition) is 2. The highest BCUT2D eigenvalue weighted by Gasteiger charge is 2.32. The molecule has 0 aliphatic carbocycles. The Bertz CT molecular complexity index is 629. The van der Waals surface area contributed by atoms with E-state index >= 15 is 0 Å². The molecule has 2 amide bonds. The third kappa shape index (κ3) is 3.97. The highest BCUT2D eigenvalue weighted by Crippen LogP contribution is 2.29. The molecular weight excluding hydrogens is 310 g/mol. The van der Waals surface area contributed by atoms with Crippen molar-refractivity contribution in [3.8, 4) is 5.75 Å². The second-order valence-electron chi connectivity index (χ2n) is 4.74. The summed E-state index contributed by atoms with van der Waals surface area (Å²) in [6, 6.07) is 4.49. The van der Waals surface area contributed by atoms with E-state index in [1.807, 2.05) is 0 Å². The van der Waals surface area contributed by atoms with Crippen molar-refractivity contribution in [1.29, 1.82) is 0 Å². The SMILES string of the molecule is CCOC(=O)C1=C(C)NC(=O)NC1c1ccc(OC(F)F)cc1. The summed E-state index contributed by atoms with van der Waals surface area (Å²) in [4.78, 5) is 23.8. The molecule has 8 heteroatoms. The third-order valence-electron chi connectivity index (χ3n) is 3.20. The van der Waals surface area contributed by atoms with Gasteiger partial charge in [-0.15, -0.1) is 0 Å². The topological polar surface area (TPSA) is 76.7 Å². The number of esters is 1. The molecular formula is C15H16F2N2O4. The van der Waals surface area contributed by atoms with Gasteiger partial charge in [-0.05, 0) is 31.5 Å². The van der Waals surface area contributed by atoms with E-state index in [4.69, 9.17) is 4.74 Å². The molecule has 0 aromatic heterocycles. The fourth-order valence-electron chi connectivity index (χ4n) is 2.26. The zero-order valence-corrected chi connectivity index (χ0v) is 12.6. The van der Waals surface area contributed by atoms with Crippen molar-refractivity contribution in [1.82, 2.24) is 10.6 Å². The van der Waals surface area contributed by atoms with Crippen LogP contribution >= 0.6 is 0 Å². The summed E-state index contributed by atoms with van der Waals surface area (Å²) in [5.74, 6) is -0.571. The summed E-state index contributed by atoms with van der Waals surface area (Å²) in [5, 5.41) is 5.13. The Morgan fingerprint density at radius 3 is 2.52 bits per heavy atom. The standard InChI is InChI=1S/C15H16F2N2O4/c1-3-22-13(20)11-8(2)18-15(21)19-12(11)9-4-6-10(7-5-9)23-14(16)17/h4-7,12,14H,3H2,1-2H3,(H2,18,19,21). The van der Waals surface area contributed by atoms with Gasteiger partial charge in [-0.1, -0.05) is 12.1 Å². The average Bonchev–Trinajstić information content (AvgIpc) is 2.46. The van der Waals surface area contributed by atoms with Crippen LogP contribution in [0.25, 0.3) is 0 Å². The normalized spacial score (nSPS) is 17.6. The fourth-order valence-corrected chi connectivity index (χ4v) is 2.26. The number of urea groups is 1. The molecule has 23 heavy (non-hydrogen) atoms. The highest BCUT2D eigenvalue weighted by molar-refractivity contribution is 5.95. The minimum absolute atomic E-state index is 0.0117. The van der Waals surface area contributed by atoms with Crippen molar-refractivity contribution in [3.05, 3.63) is 41.1 Å². The summed E-state index contributed by atoms with van der Waals surface area (Å²) in [5.41, 5.74) is 1.18. The minimum atomic E-state index is -2.92. The maximum Gasteiger partial charge on any atom is 0.387 e. The van der Waals surface area contributed by atoms with Crippen molar-refractivity contribution in [2.75, 3.05) is 6.61 Å². The first-order valence-electron chi connectivity index (χ1n) is 6.92. The summed E-state index contributed by atoms with van der Waals surface area (Å²) >= 11 is 0. The molecule has 0 saturated heterocycles. The van der Waals surface area contributed by atoms with Gasteiger partial charge in [0.1, 0.15) is 5.75 Å². The third-order valence-corrected chi connectivity index (χ3v) is 3.20. The Morgan fingerprint density at radius 1 is 1.30 bits per heavy atom. The lowest BCUT2D eigenvalue weighted by molar-refractivity contribution is -0.139. The fraction of sp³-hybridized carbons (Fsp3) is 0.333. The van der Waals surface area contributed by atoms with Gasteiger partial charge in [0, 0.05) is 5.70 Å². The van der Waals surface area contributed by atoms with Crippen LogP contribution in [0.15, 0.2) is 35.5 Å². The molecule has 1 aliphatic heterocycles. The van der Waals surface area contributed by atoms with Crippen LogP contribution in [0.3, 0.4) is 0 Å². The quantitative estimate of drug-likeness (QED) is 0.815. The summed E-state index contributed by atoms with van der Waals surface area (Å²) in [6.45, 7) is 0.536.